The van der Waals surface area contributed by atoms with Crippen LogP contribution >= 0.6 is 0 Å². The molecule has 4 nitrogen and oxygen atoms in total. The molecule has 1 amide bonds. The second kappa shape index (κ2) is 7.74. The third kappa shape index (κ3) is 4.94. The molecule has 106 valence electrons. The zero-order valence-electron chi connectivity index (χ0n) is 12.1. The maximum atomic E-state index is 11.9. The molecule has 1 fully saturated rings. The van der Waals surface area contributed by atoms with Crippen molar-refractivity contribution in [2.24, 2.45) is 5.73 Å². The predicted octanol–water partition coefficient (Wildman–Crippen LogP) is 1.49. The molecule has 1 aliphatic carbocycles. The SMILES string of the molecule is CCCC(C)NC(=O)CN(C)C1CCCCC1N. The minimum absolute atomic E-state index is 0.122. The van der Waals surface area contributed by atoms with E-state index < -0.39 is 0 Å². The fourth-order valence-corrected chi connectivity index (χ4v) is 2.86. The maximum absolute atomic E-state index is 11.9. The van der Waals surface area contributed by atoms with E-state index in [9.17, 15) is 4.79 Å². The summed E-state index contributed by atoms with van der Waals surface area (Å²) in [5.41, 5.74) is 6.13. The molecule has 1 aliphatic rings. The van der Waals surface area contributed by atoms with E-state index in [1.165, 1.54) is 12.8 Å². The highest BCUT2D eigenvalue weighted by Crippen LogP contribution is 2.20. The Labute approximate surface area is 111 Å². The third-order valence-electron chi connectivity index (χ3n) is 3.87. The lowest BCUT2D eigenvalue weighted by atomic mass is 9.90. The normalized spacial score (nSPS) is 26.1. The lowest BCUT2D eigenvalue weighted by Gasteiger charge is -2.35. The summed E-state index contributed by atoms with van der Waals surface area (Å²) in [5, 5.41) is 3.04. The van der Waals surface area contributed by atoms with Crippen LogP contribution in [0, 0.1) is 0 Å². The molecule has 0 saturated heterocycles. The van der Waals surface area contributed by atoms with Gasteiger partial charge in [-0.1, -0.05) is 26.2 Å². The van der Waals surface area contributed by atoms with Gasteiger partial charge in [-0.15, -0.1) is 0 Å². The molecule has 4 heteroatoms. The van der Waals surface area contributed by atoms with Crippen LogP contribution in [0.2, 0.25) is 0 Å². The monoisotopic (exact) mass is 255 g/mol. The van der Waals surface area contributed by atoms with Crippen LogP contribution in [0.25, 0.3) is 0 Å². The zero-order valence-corrected chi connectivity index (χ0v) is 12.1. The van der Waals surface area contributed by atoms with Gasteiger partial charge in [0.2, 0.25) is 5.91 Å². The van der Waals surface area contributed by atoms with Crippen LogP contribution < -0.4 is 11.1 Å². The number of hydrogen-bond acceptors (Lipinski definition) is 3. The minimum Gasteiger partial charge on any atom is -0.353 e. The molecule has 3 atom stereocenters. The van der Waals surface area contributed by atoms with Crippen LogP contribution in [0.4, 0.5) is 0 Å². The Morgan fingerprint density at radius 3 is 2.72 bits per heavy atom. The molecule has 0 aliphatic heterocycles. The van der Waals surface area contributed by atoms with Crippen molar-refractivity contribution in [3.8, 4) is 0 Å². The molecule has 1 saturated carbocycles. The first-order chi connectivity index (χ1) is 8.54. The largest absolute Gasteiger partial charge is 0.353 e. The second-order valence-electron chi connectivity index (χ2n) is 5.69. The van der Waals surface area contributed by atoms with Crippen molar-refractivity contribution in [3.05, 3.63) is 0 Å². The van der Waals surface area contributed by atoms with Crippen molar-refractivity contribution in [1.29, 1.82) is 0 Å². The van der Waals surface area contributed by atoms with Crippen LogP contribution in [0.5, 0.6) is 0 Å². The summed E-state index contributed by atoms with van der Waals surface area (Å²) in [6.07, 6.45) is 6.81. The summed E-state index contributed by atoms with van der Waals surface area (Å²) < 4.78 is 0. The summed E-state index contributed by atoms with van der Waals surface area (Å²) in [6, 6.07) is 0.867. The van der Waals surface area contributed by atoms with Gasteiger partial charge in [0.05, 0.1) is 6.54 Å². The number of nitrogens with zero attached hydrogens (tertiary/aromatic N) is 1. The minimum atomic E-state index is 0.122. The highest BCUT2D eigenvalue weighted by Gasteiger charge is 2.26. The topological polar surface area (TPSA) is 58.4 Å². The molecule has 3 unspecified atom stereocenters. The van der Waals surface area contributed by atoms with E-state index in [-0.39, 0.29) is 18.0 Å². The van der Waals surface area contributed by atoms with Crippen molar-refractivity contribution in [1.82, 2.24) is 10.2 Å². The number of hydrogen-bond donors (Lipinski definition) is 2. The fraction of sp³-hybridized carbons (Fsp3) is 0.929. The van der Waals surface area contributed by atoms with Crippen molar-refractivity contribution < 1.29 is 4.79 Å². The average molecular weight is 255 g/mol. The van der Waals surface area contributed by atoms with Gasteiger partial charge in [0, 0.05) is 18.1 Å². The molecular weight excluding hydrogens is 226 g/mol. The molecule has 0 radical (unpaired) electrons. The van der Waals surface area contributed by atoms with Crippen molar-refractivity contribution in [2.75, 3.05) is 13.6 Å². The van der Waals surface area contributed by atoms with Crippen LogP contribution in [0.1, 0.15) is 52.4 Å². The van der Waals surface area contributed by atoms with E-state index in [1.807, 2.05) is 7.05 Å². The molecule has 0 aromatic heterocycles. The molecule has 0 bridgehead atoms. The molecule has 0 spiro atoms. The Balaban J connectivity index is 2.34. The van der Waals surface area contributed by atoms with Gasteiger partial charge < -0.3 is 11.1 Å². The van der Waals surface area contributed by atoms with Gasteiger partial charge >= 0.3 is 0 Å². The van der Waals surface area contributed by atoms with E-state index in [4.69, 9.17) is 5.73 Å². The Bertz CT molecular complexity index is 257. The molecule has 0 heterocycles. The zero-order chi connectivity index (χ0) is 13.5. The first-order valence-electron chi connectivity index (χ1n) is 7.29. The first-order valence-corrected chi connectivity index (χ1v) is 7.29. The van der Waals surface area contributed by atoms with Crippen LogP contribution in [0.15, 0.2) is 0 Å². The number of carbonyl (C=O) groups is 1. The number of nitrogens with two attached hydrogens (primary N) is 1. The van der Waals surface area contributed by atoms with Gasteiger partial charge in [-0.3, -0.25) is 9.69 Å². The summed E-state index contributed by atoms with van der Waals surface area (Å²) >= 11 is 0. The highest BCUT2D eigenvalue weighted by atomic mass is 16.2. The fourth-order valence-electron chi connectivity index (χ4n) is 2.86. The number of amides is 1. The van der Waals surface area contributed by atoms with Gasteiger partial charge in [-0.05, 0) is 33.2 Å². The number of rotatable bonds is 6. The maximum Gasteiger partial charge on any atom is 0.234 e. The van der Waals surface area contributed by atoms with E-state index in [1.54, 1.807) is 0 Å². The van der Waals surface area contributed by atoms with Gasteiger partial charge in [-0.25, -0.2) is 0 Å². The Kier molecular flexibility index (Phi) is 6.65. The highest BCUT2D eigenvalue weighted by molar-refractivity contribution is 5.78. The van der Waals surface area contributed by atoms with Crippen molar-refractivity contribution in [2.45, 2.75) is 70.5 Å². The van der Waals surface area contributed by atoms with Gasteiger partial charge in [0.15, 0.2) is 0 Å². The molecule has 3 N–H and O–H groups in total. The lowest BCUT2D eigenvalue weighted by molar-refractivity contribution is -0.123. The van der Waals surface area contributed by atoms with E-state index in [0.29, 0.717) is 12.6 Å². The Hall–Kier alpha value is -0.610. The second-order valence-corrected chi connectivity index (χ2v) is 5.69. The molecular formula is C14H29N3O. The first kappa shape index (κ1) is 15.4. The predicted molar refractivity (Wildman–Crippen MR) is 75.4 cm³/mol. The van der Waals surface area contributed by atoms with Crippen LogP contribution in [-0.4, -0.2) is 42.5 Å². The summed E-state index contributed by atoms with van der Waals surface area (Å²) in [6.45, 7) is 4.66. The van der Waals surface area contributed by atoms with E-state index in [2.05, 4.69) is 24.1 Å². The quantitative estimate of drug-likeness (QED) is 0.756. The summed E-state index contributed by atoms with van der Waals surface area (Å²) in [4.78, 5) is 14.0. The summed E-state index contributed by atoms with van der Waals surface area (Å²) in [5.74, 6) is 0.122. The van der Waals surface area contributed by atoms with Crippen LogP contribution in [0.3, 0.4) is 0 Å². The Morgan fingerprint density at radius 2 is 2.11 bits per heavy atom. The Morgan fingerprint density at radius 1 is 1.44 bits per heavy atom. The molecule has 1 rings (SSSR count). The summed E-state index contributed by atoms with van der Waals surface area (Å²) in [7, 11) is 2.01. The third-order valence-corrected chi connectivity index (χ3v) is 3.87. The number of likely N-dealkylation sites (N-methyl/N-ethyl adjacent to an activating group) is 1. The van der Waals surface area contributed by atoms with Gasteiger partial charge in [0.1, 0.15) is 0 Å². The smallest absolute Gasteiger partial charge is 0.234 e. The van der Waals surface area contributed by atoms with E-state index >= 15 is 0 Å². The van der Waals surface area contributed by atoms with Crippen molar-refractivity contribution >= 4 is 5.91 Å². The number of carbonyl (C=O) groups excluding carboxylic acids is 1. The van der Waals surface area contributed by atoms with Gasteiger partial charge in [-0.2, -0.15) is 0 Å². The number of nitrogens with one attached hydrogen (secondary N) is 1. The standard InChI is InChI=1S/C14H29N3O/c1-4-7-11(2)16-14(18)10-17(3)13-9-6-5-8-12(13)15/h11-13H,4-10,15H2,1-3H3,(H,16,18). The molecule has 0 aromatic carbocycles. The van der Waals surface area contributed by atoms with E-state index in [0.717, 1.165) is 25.7 Å². The molecule has 0 aromatic rings. The van der Waals surface area contributed by atoms with Crippen LogP contribution in [-0.2, 0) is 4.79 Å². The van der Waals surface area contributed by atoms with Crippen molar-refractivity contribution in [3.63, 3.8) is 0 Å². The van der Waals surface area contributed by atoms with Gasteiger partial charge in [0.25, 0.3) is 0 Å². The average Bonchev–Trinajstić information content (AvgIpc) is 2.29. The molecule has 18 heavy (non-hydrogen) atoms. The lowest BCUT2D eigenvalue weighted by Crippen LogP contribution is -2.51.